The van der Waals surface area contributed by atoms with E-state index in [1.54, 1.807) is 0 Å². The Hall–Kier alpha value is -1.43. The molecule has 1 amide bonds. The average molecular weight is 249 g/mol. The molecule has 0 radical (unpaired) electrons. The number of carbonyl (C=O) groups is 1. The number of nitrogens with zero attached hydrogens (tertiary/aromatic N) is 1. The van der Waals surface area contributed by atoms with Crippen molar-refractivity contribution in [2.75, 3.05) is 26.3 Å². The number of benzene rings is 1. The summed E-state index contributed by atoms with van der Waals surface area (Å²) in [6.45, 7) is 2.92. The topological polar surface area (TPSA) is 67.6 Å². The van der Waals surface area contributed by atoms with Gasteiger partial charge in [0.1, 0.15) is 6.04 Å². The van der Waals surface area contributed by atoms with Gasteiger partial charge in [-0.05, 0) is 12.0 Å². The molecule has 2 rings (SSSR count). The summed E-state index contributed by atoms with van der Waals surface area (Å²) in [4.78, 5) is 11.5. The van der Waals surface area contributed by atoms with Crippen LogP contribution in [0.1, 0.15) is 5.56 Å². The summed E-state index contributed by atoms with van der Waals surface area (Å²) in [5, 5.41) is 2.00. The fourth-order valence-electron chi connectivity index (χ4n) is 1.97. The van der Waals surface area contributed by atoms with Crippen LogP contribution in [0.5, 0.6) is 0 Å². The number of carbonyl (C=O) groups excluding carboxylic acids is 1. The first-order chi connectivity index (χ1) is 8.75. The summed E-state index contributed by atoms with van der Waals surface area (Å²) in [7, 11) is 0. The monoisotopic (exact) mass is 249 g/mol. The SMILES string of the molecule is NC(=O)C(Cc1ccccc1)NN1CCOCC1. The molecule has 1 fully saturated rings. The number of primary amides is 1. The molecule has 5 nitrogen and oxygen atoms in total. The number of nitrogens with one attached hydrogen (secondary N) is 1. The van der Waals surface area contributed by atoms with E-state index in [-0.39, 0.29) is 11.9 Å². The van der Waals surface area contributed by atoms with Crippen molar-refractivity contribution in [1.29, 1.82) is 0 Å². The molecule has 1 aromatic carbocycles. The smallest absolute Gasteiger partial charge is 0.236 e. The van der Waals surface area contributed by atoms with Crippen LogP contribution in [0, 0.1) is 0 Å². The van der Waals surface area contributed by atoms with Gasteiger partial charge in [0.05, 0.1) is 13.2 Å². The van der Waals surface area contributed by atoms with Gasteiger partial charge in [-0.2, -0.15) is 0 Å². The van der Waals surface area contributed by atoms with Gasteiger partial charge in [0.15, 0.2) is 0 Å². The maximum absolute atomic E-state index is 11.5. The summed E-state index contributed by atoms with van der Waals surface area (Å²) < 4.78 is 5.26. The quantitative estimate of drug-likeness (QED) is 0.766. The molecule has 1 heterocycles. The molecule has 1 atom stereocenters. The third-order valence-electron chi connectivity index (χ3n) is 2.98. The molecule has 0 bridgehead atoms. The molecule has 1 saturated heterocycles. The van der Waals surface area contributed by atoms with Crippen molar-refractivity contribution in [3.8, 4) is 0 Å². The van der Waals surface area contributed by atoms with Gasteiger partial charge >= 0.3 is 0 Å². The van der Waals surface area contributed by atoms with Crippen molar-refractivity contribution in [3.05, 3.63) is 35.9 Å². The number of morpholine rings is 1. The van der Waals surface area contributed by atoms with Gasteiger partial charge in [-0.1, -0.05) is 30.3 Å². The van der Waals surface area contributed by atoms with Gasteiger partial charge in [0.2, 0.25) is 5.91 Å². The first kappa shape index (κ1) is 13.0. The van der Waals surface area contributed by atoms with E-state index in [1.165, 1.54) is 0 Å². The Morgan fingerprint density at radius 2 is 2.00 bits per heavy atom. The lowest BCUT2D eigenvalue weighted by molar-refractivity contribution is -0.122. The first-order valence-electron chi connectivity index (χ1n) is 6.18. The maximum atomic E-state index is 11.5. The number of amides is 1. The Kier molecular flexibility index (Phi) is 4.69. The predicted octanol–water partition coefficient (Wildman–Crippen LogP) is -0.0802. The summed E-state index contributed by atoms with van der Waals surface area (Å²) >= 11 is 0. The highest BCUT2D eigenvalue weighted by atomic mass is 16.5. The molecule has 3 N–H and O–H groups in total. The van der Waals surface area contributed by atoms with Crippen molar-refractivity contribution in [2.45, 2.75) is 12.5 Å². The summed E-state index contributed by atoms with van der Waals surface area (Å²) in [6.07, 6.45) is 0.605. The van der Waals surface area contributed by atoms with Crippen molar-refractivity contribution in [3.63, 3.8) is 0 Å². The largest absolute Gasteiger partial charge is 0.379 e. The molecule has 98 valence electrons. The molecular weight excluding hydrogens is 230 g/mol. The van der Waals surface area contributed by atoms with Gasteiger partial charge in [0.25, 0.3) is 0 Å². The van der Waals surface area contributed by atoms with Crippen LogP contribution in [0.4, 0.5) is 0 Å². The highest BCUT2D eigenvalue weighted by Crippen LogP contribution is 2.04. The van der Waals surface area contributed by atoms with E-state index in [2.05, 4.69) is 5.43 Å². The lowest BCUT2D eigenvalue weighted by atomic mass is 10.1. The van der Waals surface area contributed by atoms with Crippen molar-refractivity contribution in [1.82, 2.24) is 10.4 Å². The van der Waals surface area contributed by atoms with Gasteiger partial charge in [0, 0.05) is 13.1 Å². The van der Waals surface area contributed by atoms with Crippen molar-refractivity contribution in [2.24, 2.45) is 5.73 Å². The molecular formula is C13H19N3O2. The number of ether oxygens (including phenoxy) is 1. The second-order valence-corrected chi connectivity index (χ2v) is 4.37. The van der Waals surface area contributed by atoms with E-state index in [1.807, 2.05) is 35.3 Å². The fraction of sp³-hybridized carbons (Fsp3) is 0.462. The minimum atomic E-state index is -0.370. The number of hydrogen-bond donors (Lipinski definition) is 2. The van der Waals surface area contributed by atoms with E-state index in [0.717, 1.165) is 18.7 Å². The van der Waals surface area contributed by atoms with Crippen molar-refractivity contribution < 1.29 is 9.53 Å². The van der Waals surface area contributed by atoms with Crippen molar-refractivity contribution >= 4 is 5.91 Å². The molecule has 5 heteroatoms. The number of nitrogens with two attached hydrogens (primary N) is 1. The van der Waals surface area contributed by atoms with Gasteiger partial charge in [-0.15, -0.1) is 0 Å². The normalized spacial score (nSPS) is 18.4. The Labute approximate surface area is 107 Å². The highest BCUT2D eigenvalue weighted by molar-refractivity contribution is 5.80. The Morgan fingerprint density at radius 1 is 1.33 bits per heavy atom. The molecule has 1 unspecified atom stereocenters. The molecule has 18 heavy (non-hydrogen) atoms. The Balaban J connectivity index is 1.93. The van der Waals surface area contributed by atoms with E-state index >= 15 is 0 Å². The standard InChI is InChI=1S/C13H19N3O2/c14-13(17)12(10-11-4-2-1-3-5-11)15-16-6-8-18-9-7-16/h1-5,12,15H,6-10H2,(H2,14,17). The molecule has 1 aliphatic heterocycles. The summed E-state index contributed by atoms with van der Waals surface area (Å²) in [5.74, 6) is -0.328. The van der Waals surface area contributed by atoms with Crippen LogP contribution in [0.25, 0.3) is 0 Å². The fourth-order valence-corrected chi connectivity index (χ4v) is 1.97. The molecule has 1 aliphatic rings. The molecule has 0 saturated carbocycles. The zero-order valence-electron chi connectivity index (χ0n) is 10.3. The third-order valence-corrected chi connectivity index (χ3v) is 2.98. The van der Waals surface area contributed by atoms with Crippen LogP contribution in [0.3, 0.4) is 0 Å². The van der Waals surface area contributed by atoms with Crippen LogP contribution >= 0.6 is 0 Å². The second kappa shape index (κ2) is 6.49. The van der Waals surface area contributed by atoms with E-state index < -0.39 is 0 Å². The molecule has 1 aromatic rings. The van der Waals surface area contributed by atoms with Gasteiger partial charge in [-0.3, -0.25) is 4.79 Å². The van der Waals surface area contributed by atoms with Crippen LogP contribution in [-0.2, 0) is 16.0 Å². The van der Waals surface area contributed by atoms with Crippen LogP contribution in [0.15, 0.2) is 30.3 Å². The van der Waals surface area contributed by atoms with Gasteiger partial charge in [-0.25, -0.2) is 10.4 Å². The Morgan fingerprint density at radius 3 is 2.61 bits per heavy atom. The zero-order chi connectivity index (χ0) is 12.8. The van der Waals surface area contributed by atoms with Crippen LogP contribution in [-0.4, -0.2) is 43.3 Å². The van der Waals surface area contributed by atoms with Crippen LogP contribution < -0.4 is 11.2 Å². The summed E-state index contributed by atoms with van der Waals surface area (Å²) in [5.41, 5.74) is 9.72. The molecule has 0 aliphatic carbocycles. The lowest BCUT2D eigenvalue weighted by Gasteiger charge is -2.30. The van der Waals surface area contributed by atoms with Gasteiger partial charge < -0.3 is 10.5 Å². The maximum Gasteiger partial charge on any atom is 0.236 e. The molecule has 0 aromatic heterocycles. The van der Waals surface area contributed by atoms with E-state index in [0.29, 0.717) is 19.6 Å². The minimum Gasteiger partial charge on any atom is -0.379 e. The highest BCUT2D eigenvalue weighted by Gasteiger charge is 2.20. The third kappa shape index (κ3) is 3.80. The zero-order valence-corrected chi connectivity index (χ0v) is 10.3. The Bertz CT molecular complexity index is 377. The first-order valence-corrected chi connectivity index (χ1v) is 6.18. The van der Waals surface area contributed by atoms with Crippen LogP contribution in [0.2, 0.25) is 0 Å². The number of hydrogen-bond acceptors (Lipinski definition) is 4. The lowest BCUT2D eigenvalue weighted by Crippen LogP contribution is -2.55. The summed E-state index contributed by atoms with van der Waals surface area (Å²) in [6, 6.07) is 9.50. The average Bonchev–Trinajstić information content (AvgIpc) is 2.40. The molecule has 0 spiro atoms. The second-order valence-electron chi connectivity index (χ2n) is 4.37. The van der Waals surface area contributed by atoms with E-state index in [4.69, 9.17) is 10.5 Å². The predicted molar refractivity (Wildman–Crippen MR) is 68.7 cm³/mol. The number of rotatable bonds is 5. The van der Waals surface area contributed by atoms with E-state index in [9.17, 15) is 4.79 Å². The number of hydrazine groups is 1. The minimum absolute atomic E-state index is 0.328.